The molecule has 0 spiro atoms. The van der Waals surface area contributed by atoms with Gasteiger partial charge in [0.1, 0.15) is 0 Å². The lowest BCUT2D eigenvalue weighted by atomic mass is 9.98. The molecule has 0 aliphatic carbocycles. The standard InChI is InChI=1S/C14H20N2OS/c15-10-12-3-1-2-4-13(12)16-14(17)9-11-5-7-18-8-6-11/h1-4,11H,5-10,15H2,(H,16,17). The lowest BCUT2D eigenvalue weighted by Gasteiger charge is -2.20. The Labute approximate surface area is 113 Å². The number of hydrogen-bond donors (Lipinski definition) is 2. The van der Waals surface area contributed by atoms with Crippen LogP contribution in [-0.4, -0.2) is 17.4 Å². The van der Waals surface area contributed by atoms with E-state index in [0.717, 1.165) is 24.1 Å². The van der Waals surface area contributed by atoms with Gasteiger partial charge in [-0.05, 0) is 41.9 Å². The summed E-state index contributed by atoms with van der Waals surface area (Å²) in [5.74, 6) is 3.05. The molecule has 1 heterocycles. The largest absolute Gasteiger partial charge is 0.326 e. The number of amides is 1. The molecule has 0 unspecified atom stereocenters. The molecule has 0 bridgehead atoms. The molecule has 1 fully saturated rings. The second-order valence-corrected chi connectivity index (χ2v) is 5.89. The van der Waals surface area contributed by atoms with Crippen molar-refractivity contribution in [2.24, 2.45) is 11.7 Å². The first kappa shape index (κ1) is 13.4. The lowest BCUT2D eigenvalue weighted by molar-refractivity contribution is -0.117. The van der Waals surface area contributed by atoms with E-state index in [-0.39, 0.29) is 5.91 Å². The van der Waals surface area contributed by atoms with Gasteiger partial charge < -0.3 is 11.1 Å². The minimum absolute atomic E-state index is 0.118. The monoisotopic (exact) mass is 264 g/mol. The predicted molar refractivity (Wildman–Crippen MR) is 77.6 cm³/mol. The van der Waals surface area contributed by atoms with Crippen LogP contribution in [0.25, 0.3) is 0 Å². The third-order valence-electron chi connectivity index (χ3n) is 3.33. The maximum Gasteiger partial charge on any atom is 0.224 e. The van der Waals surface area contributed by atoms with Gasteiger partial charge in [-0.2, -0.15) is 11.8 Å². The summed E-state index contributed by atoms with van der Waals surface area (Å²) in [5.41, 5.74) is 7.50. The van der Waals surface area contributed by atoms with Crippen molar-refractivity contribution in [3.8, 4) is 0 Å². The van der Waals surface area contributed by atoms with E-state index in [4.69, 9.17) is 5.73 Å². The first-order valence-electron chi connectivity index (χ1n) is 6.45. The van der Waals surface area contributed by atoms with Gasteiger partial charge in [0.05, 0.1) is 0 Å². The molecule has 1 aliphatic rings. The smallest absolute Gasteiger partial charge is 0.224 e. The van der Waals surface area contributed by atoms with Crippen molar-refractivity contribution in [2.75, 3.05) is 16.8 Å². The second-order valence-electron chi connectivity index (χ2n) is 4.67. The van der Waals surface area contributed by atoms with Crippen molar-refractivity contribution in [3.63, 3.8) is 0 Å². The van der Waals surface area contributed by atoms with Gasteiger partial charge in [-0.1, -0.05) is 18.2 Å². The van der Waals surface area contributed by atoms with E-state index in [9.17, 15) is 4.79 Å². The lowest BCUT2D eigenvalue weighted by Crippen LogP contribution is -2.20. The number of rotatable bonds is 4. The number of benzene rings is 1. The fraction of sp³-hybridized carbons (Fsp3) is 0.500. The molecule has 3 nitrogen and oxygen atoms in total. The summed E-state index contributed by atoms with van der Waals surface area (Å²) in [6, 6.07) is 7.73. The van der Waals surface area contributed by atoms with Gasteiger partial charge in [0.25, 0.3) is 0 Å². The van der Waals surface area contributed by atoms with E-state index in [1.807, 2.05) is 36.0 Å². The maximum absolute atomic E-state index is 12.0. The van der Waals surface area contributed by atoms with Crippen molar-refractivity contribution in [1.82, 2.24) is 0 Å². The van der Waals surface area contributed by atoms with Crippen LogP contribution >= 0.6 is 11.8 Å². The summed E-state index contributed by atoms with van der Waals surface area (Å²) in [6.45, 7) is 0.455. The normalized spacial score (nSPS) is 16.5. The zero-order valence-electron chi connectivity index (χ0n) is 10.5. The van der Waals surface area contributed by atoms with Gasteiger partial charge in [-0.3, -0.25) is 4.79 Å². The number of nitrogens with two attached hydrogens (primary N) is 1. The van der Waals surface area contributed by atoms with Crippen LogP contribution in [0.15, 0.2) is 24.3 Å². The average molecular weight is 264 g/mol. The van der Waals surface area contributed by atoms with Crippen LogP contribution in [0, 0.1) is 5.92 Å². The van der Waals surface area contributed by atoms with Gasteiger partial charge in [0.2, 0.25) is 5.91 Å². The van der Waals surface area contributed by atoms with Crippen molar-refractivity contribution < 1.29 is 4.79 Å². The number of carbonyl (C=O) groups excluding carboxylic acids is 1. The highest BCUT2D eigenvalue weighted by molar-refractivity contribution is 7.99. The van der Waals surface area contributed by atoms with Gasteiger partial charge in [0, 0.05) is 18.7 Å². The number of anilines is 1. The van der Waals surface area contributed by atoms with Gasteiger partial charge in [-0.25, -0.2) is 0 Å². The fourth-order valence-corrected chi connectivity index (χ4v) is 3.44. The quantitative estimate of drug-likeness (QED) is 0.879. The SMILES string of the molecule is NCc1ccccc1NC(=O)CC1CCSCC1. The maximum atomic E-state index is 12.0. The second kappa shape index (κ2) is 6.81. The zero-order chi connectivity index (χ0) is 12.8. The van der Waals surface area contributed by atoms with Gasteiger partial charge in [0.15, 0.2) is 0 Å². The Morgan fingerprint density at radius 1 is 1.33 bits per heavy atom. The topological polar surface area (TPSA) is 55.1 Å². The van der Waals surface area contributed by atoms with Crippen molar-refractivity contribution >= 4 is 23.4 Å². The molecule has 1 aromatic rings. The molecule has 1 amide bonds. The molecule has 0 atom stereocenters. The Morgan fingerprint density at radius 2 is 2.06 bits per heavy atom. The minimum atomic E-state index is 0.118. The fourth-order valence-electron chi connectivity index (χ4n) is 2.23. The molecule has 0 saturated carbocycles. The van der Waals surface area contributed by atoms with Crippen LogP contribution in [0.3, 0.4) is 0 Å². The van der Waals surface area contributed by atoms with E-state index in [1.54, 1.807) is 0 Å². The Hall–Kier alpha value is -1.000. The highest BCUT2D eigenvalue weighted by Gasteiger charge is 2.17. The molecule has 1 aliphatic heterocycles. The molecular formula is C14H20N2OS. The Morgan fingerprint density at radius 3 is 2.78 bits per heavy atom. The third kappa shape index (κ3) is 3.75. The van der Waals surface area contributed by atoms with Crippen LogP contribution in [0.2, 0.25) is 0 Å². The Balaban J connectivity index is 1.90. The third-order valence-corrected chi connectivity index (χ3v) is 4.38. The first-order valence-corrected chi connectivity index (χ1v) is 7.60. The van der Waals surface area contributed by atoms with Crippen LogP contribution in [0.4, 0.5) is 5.69 Å². The molecule has 0 radical (unpaired) electrons. The van der Waals surface area contributed by atoms with E-state index in [2.05, 4.69) is 5.32 Å². The highest BCUT2D eigenvalue weighted by atomic mass is 32.2. The summed E-state index contributed by atoms with van der Waals surface area (Å²) < 4.78 is 0. The van der Waals surface area contributed by atoms with Crippen LogP contribution < -0.4 is 11.1 Å². The number of hydrogen-bond acceptors (Lipinski definition) is 3. The van der Waals surface area contributed by atoms with E-state index >= 15 is 0 Å². The molecule has 3 N–H and O–H groups in total. The molecule has 2 rings (SSSR count). The van der Waals surface area contributed by atoms with Crippen molar-refractivity contribution in [3.05, 3.63) is 29.8 Å². The predicted octanol–water partition coefficient (Wildman–Crippen LogP) is 2.62. The van der Waals surface area contributed by atoms with Gasteiger partial charge in [-0.15, -0.1) is 0 Å². The number of carbonyl (C=O) groups is 1. The summed E-state index contributed by atoms with van der Waals surface area (Å²) in [5, 5.41) is 2.98. The van der Waals surface area contributed by atoms with E-state index < -0.39 is 0 Å². The zero-order valence-corrected chi connectivity index (χ0v) is 11.3. The minimum Gasteiger partial charge on any atom is -0.326 e. The summed E-state index contributed by atoms with van der Waals surface area (Å²) in [7, 11) is 0. The number of nitrogens with one attached hydrogen (secondary N) is 1. The van der Waals surface area contributed by atoms with E-state index in [1.165, 1.54) is 11.5 Å². The molecular weight excluding hydrogens is 244 g/mol. The summed E-state index contributed by atoms with van der Waals surface area (Å²) >= 11 is 1.99. The molecule has 1 aromatic carbocycles. The summed E-state index contributed by atoms with van der Waals surface area (Å²) in [4.78, 5) is 12.0. The first-order chi connectivity index (χ1) is 8.79. The molecule has 18 heavy (non-hydrogen) atoms. The van der Waals surface area contributed by atoms with Crippen LogP contribution in [-0.2, 0) is 11.3 Å². The number of para-hydroxylation sites is 1. The van der Waals surface area contributed by atoms with Crippen molar-refractivity contribution in [2.45, 2.75) is 25.8 Å². The average Bonchev–Trinajstić information content (AvgIpc) is 2.40. The summed E-state index contributed by atoms with van der Waals surface area (Å²) in [6.07, 6.45) is 2.96. The molecule has 1 saturated heterocycles. The van der Waals surface area contributed by atoms with Gasteiger partial charge >= 0.3 is 0 Å². The number of thioether (sulfide) groups is 1. The Kier molecular flexibility index (Phi) is 5.08. The molecule has 4 heteroatoms. The molecule has 98 valence electrons. The molecule has 0 aromatic heterocycles. The Bertz CT molecular complexity index is 403. The van der Waals surface area contributed by atoms with Crippen LogP contribution in [0.5, 0.6) is 0 Å². The van der Waals surface area contributed by atoms with Crippen LogP contribution in [0.1, 0.15) is 24.8 Å². The van der Waals surface area contributed by atoms with Crippen molar-refractivity contribution in [1.29, 1.82) is 0 Å². The highest BCUT2D eigenvalue weighted by Crippen LogP contribution is 2.25. The van der Waals surface area contributed by atoms with E-state index in [0.29, 0.717) is 18.9 Å².